The van der Waals surface area contributed by atoms with Crippen molar-refractivity contribution < 1.29 is 8.42 Å². The second-order valence-electron chi connectivity index (χ2n) is 4.47. The van der Waals surface area contributed by atoms with Gasteiger partial charge in [0.2, 0.25) is 15.6 Å². The molecule has 2 aromatic rings. The molecular formula is C13H15N3O3S. The maximum Gasteiger partial charge on any atom is 0.250 e. The first-order chi connectivity index (χ1) is 9.35. The van der Waals surface area contributed by atoms with Crippen molar-refractivity contribution >= 4 is 21.4 Å². The minimum absolute atomic E-state index is 0.157. The molecule has 0 radical (unpaired) electrons. The Kier molecular flexibility index (Phi) is 3.80. The first-order valence-corrected chi connectivity index (χ1v) is 7.52. The van der Waals surface area contributed by atoms with E-state index >= 15 is 0 Å². The fourth-order valence-electron chi connectivity index (χ4n) is 1.70. The van der Waals surface area contributed by atoms with Crippen LogP contribution < -0.4 is 16.0 Å². The highest BCUT2D eigenvalue weighted by Gasteiger charge is 2.12. The number of anilines is 2. The number of aromatic nitrogens is 1. The molecule has 0 atom stereocenters. The summed E-state index contributed by atoms with van der Waals surface area (Å²) in [7, 11) is -1.98. The normalized spacial score (nSPS) is 11.2. The molecule has 3 N–H and O–H groups in total. The first kappa shape index (κ1) is 14.1. The van der Waals surface area contributed by atoms with E-state index in [9.17, 15) is 13.2 Å². The van der Waals surface area contributed by atoms with Crippen molar-refractivity contribution in [2.24, 2.45) is 7.05 Å². The Labute approximate surface area is 116 Å². The molecule has 20 heavy (non-hydrogen) atoms. The van der Waals surface area contributed by atoms with Crippen LogP contribution in [0.1, 0.15) is 5.56 Å². The lowest BCUT2D eigenvalue weighted by molar-refractivity contribution is 0.600. The Morgan fingerprint density at radius 1 is 1.15 bits per heavy atom. The molecule has 0 unspecified atom stereocenters. The molecule has 1 heterocycles. The van der Waals surface area contributed by atoms with Gasteiger partial charge in [-0.3, -0.25) is 9.52 Å². The predicted octanol–water partition coefficient (Wildman–Crippen LogP) is 0.909. The molecule has 0 saturated heterocycles. The number of nitrogens with one attached hydrogen (secondary N) is 1. The van der Waals surface area contributed by atoms with Gasteiger partial charge in [-0.25, -0.2) is 8.42 Å². The van der Waals surface area contributed by atoms with E-state index in [2.05, 4.69) is 4.72 Å². The molecule has 6 nitrogen and oxygen atoms in total. The monoisotopic (exact) mass is 293 g/mol. The van der Waals surface area contributed by atoms with Crippen LogP contribution in [0, 0.1) is 0 Å². The van der Waals surface area contributed by atoms with Gasteiger partial charge >= 0.3 is 0 Å². The average molecular weight is 293 g/mol. The summed E-state index contributed by atoms with van der Waals surface area (Å²) >= 11 is 0. The minimum Gasteiger partial charge on any atom is -0.399 e. The van der Waals surface area contributed by atoms with E-state index in [1.54, 1.807) is 31.3 Å². The number of aryl methyl sites for hydroxylation is 1. The van der Waals surface area contributed by atoms with Gasteiger partial charge in [-0.15, -0.1) is 0 Å². The molecule has 2 rings (SSSR count). The third-order valence-corrected chi connectivity index (χ3v) is 3.96. The van der Waals surface area contributed by atoms with Crippen LogP contribution >= 0.6 is 0 Å². The van der Waals surface area contributed by atoms with E-state index in [1.165, 1.54) is 22.9 Å². The van der Waals surface area contributed by atoms with Crippen LogP contribution in [0.4, 0.5) is 11.4 Å². The molecule has 0 aliphatic rings. The number of nitrogens with two attached hydrogens (primary N) is 1. The second-order valence-corrected chi connectivity index (χ2v) is 6.19. The van der Waals surface area contributed by atoms with Crippen LogP contribution in [0.5, 0.6) is 0 Å². The lowest BCUT2D eigenvalue weighted by Gasteiger charge is -2.09. The SMILES string of the molecule is Cn1cc(NS(=O)(=O)Cc2ccc(N)cc2)ccc1=O. The second kappa shape index (κ2) is 5.38. The number of nitrogens with zero attached hydrogens (tertiary/aromatic N) is 1. The highest BCUT2D eigenvalue weighted by Crippen LogP contribution is 2.12. The number of rotatable bonds is 4. The van der Waals surface area contributed by atoms with Crippen molar-refractivity contribution in [1.29, 1.82) is 0 Å². The molecule has 0 fully saturated rings. The Morgan fingerprint density at radius 3 is 2.40 bits per heavy atom. The van der Waals surface area contributed by atoms with E-state index in [4.69, 9.17) is 5.73 Å². The fraction of sp³-hybridized carbons (Fsp3) is 0.154. The molecule has 1 aromatic heterocycles. The number of benzene rings is 1. The zero-order valence-corrected chi connectivity index (χ0v) is 11.7. The van der Waals surface area contributed by atoms with Crippen molar-refractivity contribution in [2.45, 2.75) is 5.75 Å². The Morgan fingerprint density at radius 2 is 1.80 bits per heavy atom. The van der Waals surface area contributed by atoms with Crippen LogP contribution in [0.3, 0.4) is 0 Å². The van der Waals surface area contributed by atoms with Gasteiger partial charge in [0.15, 0.2) is 0 Å². The van der Waals surface area contributed by atoms with Crippen molar-refractivity contribution in [3.8, 4) is 0 Å². The quantitative estimate of drug-likeness (QED) is 0.819. The molecule has 106 valence electrons. The van der Waals surface area contributed by atoms with Crippen LogP contribution in [0.2, 0.25) is 0 Å². The molecule has 1 aromatic carbocycles. The predicted molar refractivity (Wildman–Crippen MR) is 78.8 cm³/mol. The zero-order chi connectivity index (χ0) is 14.8. The average Bonchev–Trinajstić information content (AvgIpc) is 2.36. The molecule has 0 aliphatic carbocycles. The lowest BCUT2D eigenvalue weighted by atomic mass is 10.2. The lowest BCUT2D eigenvalue weighted by Crippen LogP contribution is -2.19. The standard InChI is InChI=1S/C13H15N3O3S/c1-16-8-12(6-7-13(16)17)15-20(18,19)9-10-2-4-11(14)5-3-10/h2-8,15H,9,14H2,1H3. The smallest absolute Gasteiger partial charge is 0.250 e. The summed E-state index contributed by atoms with van der Waals surface area (Å²) in [6.07, 6.45) is 1.43. The van der Waals surface area contributed by atoms with Gasteiger partial charge in [0.05, 0.1) is 11.4 Å². The van der Waals surface area contributed by atoms with Gasteiger partial charge < -0.3 is 10.3 Å². The van der Waals surface area contributed by atoms with Gasteiger partial charge in [-0.2, -0.15) is 0 Å². The van der Waals surface area contributed by atoms with E-state index < -0.39 is 10.0 Å². The third-order valence-electron chi connectivity index (χ3n) is 2.70. The maximum absolute atomic E-state index is 12.0. The van der Waals surface area contributed by atoms with Crippen LogP contribution in [0.25, 0.3) is 0 Å². The topological polar surface area (TPSA) is 94.2 Å². The maximum atomic E-state index is 12.0. The summed E-state index contributed by atoms with van der Waals surface area (Å²) in [6.45, 7) is 0. The molecule has 0 amide bonds. The van der Waals surface area contributed by atoms with E-state index in [1.807, 2.05) is 0 Å². The molecule has 0 aliphatic heterocycles. The highest BCUT2D eigenvalue weighted by atomic mass is 32.2. The van der Waals surface area contributed by atoms with Crippen molar-refractivity contribution in [2.75, 3.05) is 10.5 Å². The molecule has 7 heteroatoms. The summed E-state index contributed by atoms with van der Waals surface area (Å²) in [5, 5.41) is 0. The molecule has 0 bridgehead atoms. The van der Waals surface area contributed by atoms with Crippen LogP contribution in [-0.2, 0) is 22.8 Å². The Hall–Kier alpha value is -2.28. The van der Waals surface area contributed by atoms with E-state index in [0.717, 1.165) is 0 Å². The summed E-state index contributed by atoms with van der Waals surface area (Å²) in [6, 6.07) is 9.36. The van der Waals surface area contributed by atoms with E-state index in [-0.39, 0.29) is 11.3 Å². The summed E-state index contributed by atoms with van der Waals surface area (Å²) < 4.78 is 27.8. The summed E-state index contributed by atoms with van der Waals surface area (Å²) in [4.78, 5) is 11.2. The van der Waals surface area contributed by atoms with E-state index in [0.29, 0.717) is 16.9 Å². The number of hydrogen-bond donors (Lipinski definition) is 2. The Bertz CT molecular complexity index is 764. The molecule has 0 spiro atoms. The van der Waals surface area contributed by atoms with Crippen molar-refractivity contribution in [3.05, 3.63) is 58.5 Å². The van der Waals surface area contributed by atoms with Crippen LogP contribution in [0.15, 0.2) is 47.4 Å². The number of pyridine rings is 1. The summed E-state index contributed by atoms with van der Waals surface area (Å²) in [5.74, 6) is -0.157. The zero-order valence-electron chi connectivity index (χ0n) is 10.9. The van der Waals surface area contributed by atoms with Gasteiger partial charge in [-0.05, 0) is 23.8 Å². The number of nitrogen functional groups attached to an aromatic ring is 1. The highest BCUT2D eigenvalue weighted by molar-refractivity contribution is 7.91. The van der Waals surface area contributed by atoms with Gasteiger partial charge in [0, 0.05) is 25.0 Å². The minimum atomic E-state index is -3.54. The van der Waals surface area contributed by atoms with Crippen LogP contribution in [-0.4, -0.2) is 13.0 Å². The fourth-order valence-corrected chi connectivity index (χ4v) is 2.89. The molecular weight excluding hydrogens is 278 g/mol. The molecule has 0 saturated carbocycles. The van der Waals surface area contributed by atoms with Gasteiger partial charge in [0.1, 0.15) is 0 Å². The Balaban J connectivity index is 2.16. The number of hydrogen-bond acceptors (Lipinski definition) is 4. The van der Waals surface area contributed by atoms with Crippen molar-refractivity contribution in [1.82, 2.24) is 4.57 Å². The largest absolute Gasteiger partial charge is 0.399 e. The number of sulfonamides is 1. The summed E-state index contributed by atoms with van der Waals surface area (Å²) in [5.41, 5.74) is 6.91. The third kappa shape index (κ3) is 3.61. The van der Waals surface area contributed by atoms with Gasteiger partial charge in [0.25, 0.3) is 0 Å². The van der Waals surface area contributed by atoms with Crippen molar-refractivity contribution in [3.63, 3.8) is 0 Å². The first-order valence-electron chi connectivity index (χ1n) is 5.87. The van der Waals surface area contributed by atoms with Gasteiger partial charge in [-0.1, -0.05) is 12.1 Å².